The Labute approximate surface area is 244 Å². The van der Waals surface area contributed by atoms with Gasteiger partial charge < -0.3 is 15.4 Å². The maximum Gasteiger partial charge on any atom is 0.332 e. The van der Waals surface area contributed by atoms with E-state index in [-0.39, 0.29) is 11.6 Å². The van der Waals surface area contributed by atoms with E-state index in [4.69, 9.17) is 20.7 Å². The number of fused-ring (bicyclic) bond motifs is 2. The molecule has 0 spiro atoms. The molecular weight excluding hydrogens is 526 g/mol. The molecule has 8 heteroatoms. The van der Waals surface area contributed by atoms with Crippen molar-refractivity contribution >= 4 is 33.8 Å². The van der Waals surface area contributed by atoms with Crippen LogP contribution in [0.2, 0.25) is 0 Å². The maximum atomic E-state index is 13.5. The molecule has 6 rings (SSSR count). The second kappa shape index (κ2) is 11.1. The number of hydrogen-bond acceptors (Lipinski definition) is 6. The minimum absolute atomic E-state index is 0.255. The van der Waals surface area contributed by atoms with Crippen molar-refractivity contribution in [1.82, 2.24) is 19.5 Å². The van der Waals surface area contributed by atoms with Gasteiger partial charge in [-0.3, -0.25) is 9.78 Å². The zero-order valence-corrected chi connectivity index (χ0v) is 24.0. The fourth-order valence-electron chi connectivity index (χ4n) is 6.14. The first kappa shape index (κ1) is 27.7. The van der Waals surface area contributed by atoms with E-state index < -0.39 is 23.2 Å². The lowest BCUT2D eigenvalue weighted by Crippen LogP contribution is -2.59. The predicted molar refractivity (Wildman–Crippen MR) is 164 cm³/mol. The minimum Gasteiger partial charge on any atom is -0.480 e. The molecule has 0 saturated heterocycles. The van der Waals surface area contributed by atoms with Gasteiger partial charge in [-0.15, -0.1) is 0 Å². The molecule has 2 atom stereocenters. The summed E-state index contributed by atoms with van der Waals surface area (Å²) in [6, 6.07) is 21.6. The molecule has 2 unspecified atom stereocenters. The molecule has 8 nitrogen and oxygen atoms in total. The summed E-state index contributed by atoms with van der Waals surface area (Å²) >= 11 is 0. The normalized spacial score (nSPS) is 16.4. The van der Waals surface area contributed by atoms with Crippen molar-refractivity contribution in [3.63, 3.8) is 0 Å². The molecule has 1 aliphatic rings. The number of rotatable bonds is 8. The number of Topliss-reactive ketones (excluding diaryl/α,β-unsaturated/α-hetero) is 1. The molecule has 5 aromatic rings. The lowest BCUT2D eigenvalue weighted by atomic mass is 9.78. The number of aromatic nitrogens is 4. The van der Waals surface area contributed by atoms with Crippen LogP contribution >= 0.6 is 0 Å². The van der Waals surface area contributed by atoms with Gasteiger partial charge in [-0.05, 0) is 55.2 Å². The Hall–Kier alpha value is -4.43. The zero-order chi connectivity index (χ0) is 29.4. The molecule has 0 radical (unpaired) electrons. The van der Waals surface area contributed by atoms with Gasteiger partial charge in [0.15, 0.2) is 11.3 Å². The lowest BCUT2D eigenvalue weighted by Gasteiger charge is -2.29. The number of carboxylic acids is 1. The van der Waals surface area contributed by atoms with Crippen molar-refractivity contribution in [1.29, 1.82) is 0 Å². The lowest BCUT2D eigenvalue weighted by molar-refractivity contribution is -0.143. The Morgan fingerprint density at radius 1 is 0.952 bits per heavy atom. The van der Waals surface area contributed by atoms with E-state index in [1.165, 1.54) is 6.42 Å². The smallest absolute Gasteiger partial charge is 0.332 e. The summed E-state index contributed by atoms with van der Waals surface area (Å²) in [6.07, 6.45) is 7.87. The van der Waals surface area contributed by atoms with Gasteiger partial charge in [0.2, 0.25) is 0 Å². The van der Waals surface area contributed by atoms with Crippen LogP contribution in [0.15, 0.2) is 72.9 Å². The monoisotopic (exact) mass is 561 g/mol. The standard InChI is InChI=1S/C34H35N5O3/c1-3-21(2)34(35,33(41)42)31(40)23-15-17-30-28(18-23)38-32(39(30)25-12-8-5-9-13-25)24-14-16-26-27(19-24)36-20-29(37-26)22-10-6-4-7-11-22/h4,6-7,10-11,14-21,25H,3,5,8-9,12-13,35H2,1-2H3,(H,41,42). The van der Waals surface area contributed by atoms with E-state index in [0.717, 1.165) is 64.9 Å². The Kier molecular flexibility index (Phi) is 7.33. The highest BCUT2D eigenvalue weighted by molar-refractivity contribution is 6.17. The van der Waals surface area contributed by atoms with Crippen LogP contribution in [0, 0.1) is 5.92 Å². The molecular formula is C34H35N5O3. The number of imidazole rings is 1. The molecule has 1 aliphatic carbocycles. The quantitative estimate of drug-likeness (QED) is 0.157. The third kappa shape index (κ3) is 4.75. The fourth-order valence-corrected chi connectivity index (χ4v) is 6.14. The van der Waals surface area contributed by atoms with Crippen molar-refractivity contribution in [3.8, 4) is 22.6 Å². The Balaban J connectivity index is 1.46. The summed E-state index contributed by atoms with van der Waals surface area (Å²) in [6.45, 7) is 3.53. The number of carbonyl (C=O) groups excluding carboxylic acids is 1. The van der Waals surface area contributed by atoms with Crippen LogP contribution in [0.25, 0.3) is 44.7 Å². The number of nitrogens with zero attached hydrogens (tertiary/aromatic N) is 4. The van der Waals surface area contributed by atoms with E-state index in [1.54, 1.807) is 25.3 Å². The summed E-state index contributed by atoms with van der Waals surface area (Å²) in [5.41, 5.74) is 10.4. The first-order valence-electron chi connectivity index (χ1n) is 14.7. The van der Waals surface area contributed by atoms with Gasteiger partial charge in [0.05, 0.1) is 34.0 Å². The highest BCUT2D eigenvalue weighted by Gasteiger charge is 2.46. The van der Waals surface area contributed by atoms with Crippen molar-refractivity contribution in [2.45, 2.75) is 64.0 Å². The second-order valence-corrected chi connectivity index (χ2v) is 11.4. The Morgan fingerprint density at radius 3 is 2.43 bits per heavy atom. The van der Waals surface area contributed by atoms with E-state index in [0.29, 0.717) is 11.9 Å². The molecule has 1 fully saturated rings. The fraction of sp³-hybridized carbons (Fsp3) is 0.324. The Bertz CT molecular complexity index is 1790. The third-order valence-electron chi connectivity index (χ3n) is 8.88. The largest absolute Gasteiger partial charge is 0.480 e. The molecule has 0 amide bonds. The van der Waals surface area contributed by atoms with E-state index in [2.05, 4.69) is 4.57 Å². The van der Waals surface area contributed by atoms with E-state index >= 15 is 0 Å². The van der Waals surface area contributed by atoms with Crippen molar-refractivity contribution in [2.24, 2.45) is 11.7 Å². The van der Waals surface area contributed by atoms with Gasteiger partial charge in [-0.1, -0.05) is 69.9 Å². The first-order valence-corrected chi connectivity index (χ1v) is 14.7. The number of carboxylic acid groups (broad SMARTS) is 1. The number of aliphatic carboxylic acids is 1. The van der Waals surface area contributed by atoms with Crippen LogP contribution in [0.3, 0.4) is 0 Å². The first-order chi connectivity index (χ1) is 20.3. The molecule has 1 saturated carbocycles. The molecule has 42 heavy (non-hydrogen) atoms. The second-order valence-electron chi connectivity index (χ2n) is 11.4. The van der Waals surface area contributed by atoms with Gasteiger partial charge in [-0.25, -0.2) is 14.8 Å². The van der Waals surface area contributed by atoms with Crippen LogP contribution in [-0.4, -0.2) is 41.9 Å². The summed E-state index contributed by atoms with van der Waals surface area (Å²) in [4.78, 5) is 40.3. The summed E-state index contributed by atoms with van der Waals surface area (Å²) in [5, 5.41) is 9.94. The van der Waals surface area contributed by atoms with Crippen molar-refractivity contribution < 1.29 is 14.7 Å². The Morgan fingerprint density at radius 2 is 1.71 bits per heavy atom. The van der Waals surface area contributed by atoms with Gasteiger partial charge in [-0.2, -0.15) is 0 Å². The minimum atomic E-state index is -2.01. The number of hydrogen-bond donors (Lipinski definition) is 2. The van der Waals surface area contributed by atoms with Gasteiger partial charge in [0.1, 0.15) is 5.82 Å². The molecule has 2 aromatic heterocycles. The molecule has 0 bridgehead atoms. The number of benzene rings is 3. The molecule has 2 heterocycles. The van der Waals surface area contributed by atoms with Crippen molar-refractivity contribution in [3.05, 3.63) is 78.5 Å². The maximum absolute atomic E-state index is 13.5. The molecule has 214 valence electrons. The van der Waals surface area contributed by atoms with Crippen LogP contribution in [0.1, 0.15) is 68.8 Å². The predicted octanol–water partition coefficient (Wildman–Crippen LogP) is 6.83. The number of nitrogens with two attached hydrogens (primary N) is 1. The highest BCUT2D eigenvalue weighted by Crippen LogP contribution is 2.37. The average Bonchev–Trinajstić information content (AvgIpc) is 3.42. The SMILES string of the molecule is CCC(C)C(N)(C(=O)O)C(=O)c1ccc2c(c1)nc(-c1ccc3nc(-c4ccccc4)cnc3c1)n2C1CCCCC1. The number of ketones is 1. The van der Waals surface area contributed by atoms with Crippen molar-refractivity contribution in [2.75, 3.05) is 0 Å². The summed E-state index contributed by atoms with van der Waals surface area (Å²) < 4.78 is 2.29. The van der Waals surface area contributed by atoms with Crippen LogP contribution in [-0.2, 0) is 4.79 Å². The van der Waals surface area contributed by atoms with E-state index in [1.807, 2.05) is 61.5 Å². The van der Waals surface area contributed by atoms with Crippen LogP contribution in [0.5, 0.6) is 0 Å². The summed E-state index contributed by atoms with van der Waals surface area (Å²) in [5.74, 6) is -1.65. The molecule has 3 aromatic carbocycles. The topological polar surface area (TPSA) is 124 Å². The van der Waals surface area contributed by atoms with Gasteiger partial charge in [0, 0.05) is 22.7 Å². The third-order valence-corrected chi connectivity index (χ3v) is 8.88. The average molecular weight is 562 g/mol. The number of carbonyl (C=O) groups is 2. The molecule has 3 N–H and O–H groups in total. The van der Waals surface area contributed by atoms with Gasteiger partial charge in [0.25, 0.3) is 0 Å². The highest BCUT2D eigenvalue weighted by atomic mass is 16.4. The van der Waals surface area contributed by atoms with E-state index in [9.17, 15) is 14.7 Å². The molecule has 0 aliphatic heterocycles. The zero-order valence-electron chi connectivity index (χ0n) is 24.0. The van der Waals surface area contributed by atoms with Crippen LogP contribution < -0.4 is 5.73 Å². The summed E-state index contributed by atoms with van der Waals surface area (Å²) in [7, 11) is 0. The van der Waals surface area contributed by atoms with Crippen LogP contribution in [0.4, 0.5) is 0 Å². The van der Waals surface area contributed by atoms with Gasteiger partial charge >= 0.3 is 5.97 Å².